The summed E-state index contributed by atoms with van der Waals surface area (Å²) >= 11 is 2.65. The minimum Gasteiger partial charge on any atom is -0.347 e. The van der Waals surface area contributed by atoms with E-state index in [1.54, 1.807) is 12.1 Å². The lowest BCUT2D eigenvalue weighted by atomic mass is 10.2. The van der Waals surface area contributed by atoms with Gasteiger partial charge in [0.2, 0.25) is 0 Å². The quantitative estimate of drug-likeness (QED) is 0.330. The van der Waals surface area contributed by atoms with E-state index in [9.17, 15) is 26.4 Å². The number of rotatable bonds is 9. The second kappa shape index (κ2) is 11.2. The molecule has 32 heavy (non-hydrogen) atoms. The van der Waals surface area contributed by atoms with E-state index < -0.39 is 36.3 Å². The number of hydrogen-bond donors (Lipinski definition) is 1. The summed E-state index contributed by atoms with van der Waals surface area (Å²) < 4.78 is 64.3. The summed E-state index contributed by atoms with van der Waals surface area (Å²) in [5.74, 6) is -0.289. The smallest absolute Gasteiger partial charge is 0.347 e. The van der Waals surface area contributed by atoms with Crippen LogP contribution in [0.4, 0.5) is 13.2 Å². The summed E-state index contributed by atoms with van der Waals surface area (Å²) in [4.78, 5) is 17.2. The zero-order valence-corrected chi connectivity index (χ0v) is 19.6. The zero-order chi connectivity index (χ0) is 23.1. The van der Waals surface area contributed by atoms with E-state index in [1.165, 1.54) is 29.7 Å². The van der Waals surface area contributed by atoms with Crippen molar-refractivity contribution in [1.82, 2.24) is 10.3 Å². The van der Waals surface area contributed by atoms with Gasteiger partial charge in [-0.15, -0.1) is 23.1 Å². The topological polar surface area (TPSA) is 76.1 Å². The van der Waals surface area contributed by atoms with Gasteiger partial charge in [-0.3, -0.25) is 4.79 Å². The van der Waals surface area contributed by atoms with Crippen molar-refractivity contribution in [1.29, 1.82) is 0 Å². The van der Waals surface area contributed by atoms with Crippen LogP contribution in [0.2, 0.25) is 0 Å². The highest BCUT2D eigenvalue weighted by atomic mass is 33.1. The lowest BCUT2D eigenvalue weighted by Crippen LogP contribution is -2.23. The van der Waals surface area contributed by atoms with E-state index >= 15 is 0 Å². The fraction of sp³-hybridized carbons (Fsp3) is 0.200. The van der Waals surface area contributed by atoms with Crippen molar-refractivity contribution in [2.45, 2.75) is 22.6 Å². The van der Waals surface area contributed by atoms with Gasteiger partial charge in [0.15, 0.2) is 0 Å². The summed E-state index contributed by atoms with van der Waals surface area (Å²) in [6.07, 6.45) is -3.18. The Hall–Kier alpha value is -2.02. The van der Waals surface area contributed by atoms with Crippen LogP contribution in [-0.4, -0.2) is 30.8 Å². The highest BCUT2D eigenvalue weighted by Gasteiger charge is 2.35. The molecule has 0 aliphatic heterocycles. The van der Waals surface area contributed by atoms with Gasteiger partial charge >= 0.3 is 6.18 Å². The number of amides is 1. The minimum atomic E-state index is -4.69. The van der Waals surface area contributed by atoms with Crippen LogP contribution < -0.4 is 5.32 Å². The van der Waals surface area contributed by atoms with Gasteiger partial charge in [-0.05, 0) is 35.7 Å². The molecule has 1 N–H and O–H groups in total. The molecule has 2 heterocycles. The summed E-state index contributed by atoms with van der Waals surface area (Å²) in [6, 6.07) is 11.4. The number of aromatic nitrogens is 1. The number of alkyl halides is 3. The Morgan fingerprint density at radius 3 is 2.59 bits per heavy atom. The average molecular weight is 519 g/mol. The first-order valence-electron chi connectivity index (χ1n) is 9.12. The van der Waals surface area contributed by atoms with Gasteiger partial charge in [-0.2, -0.15) is 13.2 Å². The number of halogens is 3. The summed E-state index contributed by atoms with van der Waals surface area (Å²) in [5, 5.41) is 5.11. The fourth-order valence-corrected chi connectivity index (χ4v) is 7.76. The molecule has 5 nitrogen and oxygen atoms in total. The Balaban J connectivity index is 1.61. The molecule has 0 aliphatic rings. The number of thiophene rings is 1. The van der Waals surface area contributed by atoms with Crippen LogP contribution >= 0.6 is 23.1 Å². The number of nitrogens with zero attached hydrogens (tertiary/aromatic N) is 1. The minimum absolute atomic E-state index is 0.129. The van der Waals surface area contributed by atoms with Crippen molar-refractivity contribution in [2.24, 2.45) is 0 Å². The molecular weight excluding hydrogens is 501 g/mol. The first kappa shape index (κ1) is 24.6. The Bertz CT molecular complexity index is 1120. The molecule has 0 fully saturated rings. The molecule has 0 saturated carbocycles. The Morgan fingerprint density at radius 2 is 1.88 bits per heavy atom. The monoisotopic (exact) mass is 518 g/mol. The van der Waals surface area contributed by atoms with Gasteiger partial charge in [0.25, 0.3) is 5.91 Å². The van der Waals surface area contributed by atoms with Crippen LogP contribution in [0, 0.1) is 0 Å². The van der Waals surface area contributed by atoms with Crippen molar-refractivity contribution in [3.05, 3.63) is 76.1 Å². The van der Waals surface area contributed by atoms with Crippen molar-refractivity contribution >= 4 is 48.7 Å². The number of carbonyl (C=O) groups is 1. The number of hydrogen-bond acceptors (Lipinski definition) is 6. The standard InChI is InChI=1S/C20H17F3N2O3S4/c21-20(22,23)16-7-1-2-8-17(16)32(28)31(27)12-11-30-19-15(6-3-9-24-19)18(26)25-13-14-5-4-10-29-14/h1-10H,11-13H2,(H,25,26). The number of thioether (sulfide) groups is 1. The largest absolute Gasteiger partial charge is 0.417 e. The molecule has 1 amide bonds. The Kier molecular flexibility index (Phi) is 8.63. The molecule has 3 rings (SSSR count). The van der Waals surface area contributed by atoms with E-state index in [0.717, 1.165) is 28.8 Å². The second-order valence-corrected chi connectivity index (χ2v) is 12.3. The van der Waals surface area contributed by atoms with Gasteiger partial charge < -0.3 is 5.32 Å². The molecule has 0 radical (unpaired) electrons. The van der Waals surface area contributed by atoms with Gasteiger partial charge in [0.1, 0.15) is 24.7 Å². The third-order valence-corrected chi connectivity index (χ3v) is 9.83. The van der Waals surface area contributed by atoms with Crippen molar-refractivity contribution in [3.8, 4) is 0 Å². The number of carbonyl (C=O) groups excluding carboxylic acids is 1. The molecule has 2 atom stereocenters. The maximum absolute atomic E-state index is 13.1. The molecule has 1 aromatic carbocycles. The predicted molar refractivity (Wildman–Crippen MR) is 121 cm³/mol. The SMILES string of the molecule is O=C(NCc1cccs1)c1cccnc1SCCS(=O)S(=O)c1ccccc1C(F)(F)F. The van der Waals surface area contributed by atoms with Gasteiger partial charge in [-0.1, -0.05) is 18.2 Å². The lowest BCUT2D eigenvalue weighted by Gasteiger charge is -2.12. The summed E-state index contributed by atoms with van der Waals surface area (Å²) in [7, 11) is -4.39. The lowest BCUT2D eigenvalue weighted by molar-refractivity contribution is -0.139. The number of pyridine rings is 1. The third-order valence-electron chi connectivity index (χ3n) is 4.05. The summed E-state index contributed by atoms with van der Waals surface area (Å²) in [6.45, 7) is 0.372. The van der Waals surface area contributed by atoms with E-state index in [4.69, 9.17) is 0 Å². The maximum Gasteiger partial charge on any atom is 0.417 e. The highest BCUT2D eigenvalue weighted by molar-refractivity contribution is 8.61. The van der Waals surface area contributed by atoms with E-state index in [2.05, 4.69) is 10.3 Å². The van der Waals surface area contributed by atoms with Crippen LogP contribution in [0.1, 0.15) is 20.8 Å². The molecule has 12 heteroatoms. The van der Waals surface area contributed by atoms with Crippen LogP contribution in [0.25, 0.3) is 0 Å². The Labute approximate surface area is 195 Å². The predicted octanol–water partition coefficient (Wildman–Crippen LogP) is 4.66. The molecule has 0 spiro atoms. The molecule has 0 bridgehead atoms. The van der Waals surface area contributed by atoms with Gasteiger partial charge in [0, 0.05) is 22.6 Å². The highest BCUT2D eigenvalue weighted by Crippen LogP contribution is 2.34. The average Bonchev–Trinajstić information content (AvgIpc) is 3.30. The zero-order valence-electron chi connectivity index (χ0n) is 16.3. The molecule has 2 unspecified atom stereocenters. The number of benzene rings is 1. The molecule has 2 aromatic heterocycles. The van der Waals surface area contributed by atoms with Gasteiger partial charge in [-0.25, -0.2) is 13.4 Å². The summed E-state index contributed by atoms with van der Waals surface area (Å²) in [5.41, 5.74) is -0.725. The Morgan fingerprint density at radius 1 is 1.09 bits per heavy atom. The normalized spacial score (nSPS) is 13.5. The number of nitrogens with one attached hydrogen (secondary N) is 1. The van der Waals surface area contributed by atoms with E-state index in [0.29, 0.717) is 17.1 Å². The molecule has 3 aromatic rings. The second-order valence-electron chi connectivity index (χ2n) is 6.20. The van der Waals surface area contributed by atoms with Crippen LogP contribution in [0.5, 0.6) is 0 Å². The molecular formula is C20H17F3N2O3S4. The van der Waals surface area contributed by atoms with Crippen LogP contribution in [0.3, 0.4) is 0 Å². The van der Waals surface area contributed by atoms with Crippen molar-refractivity contribution in [3.63, 3.8) is 0 Å². The third kappa shape index (κ3) is 6.50. The first-order chi connectivity index (χ1) is 15.3. The van der Waals surface area contributed by atoms with Crippen molar-refractivity contribution < 1.29 is 26.4 Å². The van der Waals surface area contributed by atoms with E-state index in [-0.39, 0.29) is 17.4 Å². The molecule has 170 valence electrons. The van der Waals surface area contributed by atoms with E-state index in [1.807, 2.05) is 17.5 Å². The van der Waals surface area contributed by atoms with Crippen LogP contribution in [-0.2, 0) is 32.4 Å². The van der Waals surface area contributed by atoms with Gasteiger partial charge in [0.05, 0.1) is 22.6 Å². The van der Waals surface area contributed by atoms with Crippen LogP contribution in [0.15, 0.2) is 70.0 Å². The molecule has 0 saturated heterocycles. The van der Waals surface area contributed by atoms with Crippen molar-refractivity contribution in [2.75, 3.05) is 11.5 Å². The first-order valence-corrected chi connectivity index (χ1v) is 14.0. The fourth-order valence-electron chi connectivity index (χ4n) is 2.58. The maximum atomic E-state index is 13.1. The molecule has 0 aliphatic carbocycles.